The summed E-state index contributed by atoms with van der Waals surface area (Å²) in [5.41, 5.74) is 12.9. The van der Waals surface area contributed by atoms with Crippen molar-refractivity contribution in [1.29, 1.82) is 0 Å². The molecule has 0 amide bonds. The van der Waals surface area contributed by atoms with Gasteiger partial charge in [-0.25, -0.2) is 0 Å². The van der Waals surface area contributed by atoms with E-state index in [0.717, 1.165) is 78.3 Å². The zero-order valence-electron chi connectivity index (χ0n) is 29.3. The van der Waals surface area contributed by atoms with Crippen molar-refractivity contribution >= 4 is 24.3 Å². The van der Waals surface area contributed by atoms with Crippen molar-refractivity contribution in [2.75, 3.05) is 0 Å². The highest BCUT2D eigenvalue weighted by Crippen LogP contribution is 2.46. The molecule has 0 saturated heterocycles. The van der Waals surface area contributed by atoms with E-state index in [1.807, 2.05) is 12.1 Å². The van der Waals surface area contributed by atoms with Crippen molar-refractivity contribution in [3.63, 3.8) is 0 Å². The van der Waals surface area contributed by atoms with Crippen molar-refractivity contribution in [2.45, 2.75) is 0 Å². The Labute approximate surface area is 312 Å². The minimum atomic E-state index is 0.794. The fraction of sp³-hybridized carbons (Fsp3) is 0. The van der Waals surface area contributed by atoms with E-state index in [0.29, 0.717) is 0 Å². The van der Waals surface area contributed by atoms with E-state index in [9.17, 15) is 0 Å². The van der Waals surface area contributed by atoms with E-state index >= 15 is 0 Å². The highest BCUT2D eigenvalue weighted by Gasteiger charge is 2.20. The van der Waals surface area contributed by atoms with Gasteiger partial charge in [-0.1, -0.05) is 206 Å². The van der Waals surface area contributed by atoms with Gasteiger partial charge in [-0.2, -0.15) is 0 Å². The quantitative estimate of drug-likeness (QED) is 0.131. The van der Waals surface area contributed by atoms with Crippen LogP contribution in [0, 0.1) is 0 Å². The third-order valence-corrected chi connectivity index (χ3v) is 9.33. The molecule has 0 heterocycles. The molecule has 8 rings (SSSR count). The highest BCUT2D eigenvalue weighted by atomic mass is 16.5. The minimum absolute atomic E-state index is 0.794. The molecular formula is C52H38O. The molecule has 0 spiro atoms. The van der Waals surface area contributed by atoms with Gasteiger partial charge in [0.2, 0.25) is 0 Å². The Morgan fingerprint density at radius 3 is 0.906 bits per heavy atom. The third-order valence-electron chi connectivity index (χ3n) is 9.33. The van der Waals surface area contributed by atoms with Gasteiger partial charge in [0.1, 0.15) is 11.5 Å². The molecule has 0 saturated carbocycles. The zero-order chi connectivity index (χ0) is 35.7. The first-order valence-electron chi connectivity index (χ1n) is 18.0. The molecule has 0 N–H and O–H groups in total. The van der Waals surface area contributed by atoms with Gasteiger partial charge in [-0.15, -0.1) is 0 Å². The summed E-state index contributed by atoms with van der Waals surface area (Å²) >= 11 is 0. The molecule has 53 heavy (non-hydrogen) atoms. The van der Waals surface area contributed by atoms with Gasteiger partial charge >= 0.3 is 0 Å². The van der Waals surface area contributed by atoms with Gasteiger partial charge in [-0.05, 0) is 68.8 Å². The number of benzene rings is 8. The molecule has 1 nitrogen and oxygen atoms in total. The van der Waals surface area contributed by atoms with Crippen molar-refractivity contribution in [3.05, 3.63) is 229 Å². The molecule has 0 fully saturated rings. The summed E-state index contributed by atoms with van der Waals surface area (Å²) in [4.78, 5) is 0. The second kappa shape index (κ2) is 15.9. The first kappa shape index (κ1) is 33.2. The van der Waals surface area contributed by atoms with Gasteiger partial charge in [0.05, 0.1) is 0 Å². The second-order valence-electron chi connectivity index (χ2n) is 12.9. The van der Waals surface area contributed by atoms with Crippen molar-refractivity contribution in [2.24, 2.45) is 0 Å². The predicted molar refractivity (Wildman–Crippen MR) is 225 cm³/mol. The van der Waals surface area contributed by atoms with Crippen LogP contribution in [0.3, 0.4) is 0 Å². The summed E-state index contributed by atoms with van der Waals surface area (Å²) in [7, 11) is 0. The summed E-state index contributed by atoms with van der Waals surface area (Å²) in [6, 6.07) is 72.1. The highest BCUT2D eigenvalue weighted by molar-refractivity contribution is 5.89. The van der Waals surface area contributed by atoms with Crippen LogP contribution >= 0.6 is 0 Å². The van der Waals surface area contributed by atoms with E-state index in [4.69, 9.17) is 4.74 Å². The molecule has 0 aliphatic rings. The van der Waals surface area contributed by atoms with Crippen LogP contribution in [-0.4, -0.2) is 0 Å². The van der Waals surface area contributed by atoms with E-state index in [1.165, 1.54) is 0 Å². The molecule has 0 aliphatic heterocycles. The average molecular weight is 679 g/mol. The van der Waals surface area contributed by atoms with E-state index in [-0.39, 0.29) is 0 Å². The Morgan fingerprint density at radius 1 is 0.264 bits per heavy atom. The lowest BCUT2D eigenvalue weighted by Crippen LogP contribution is -1.98. The van der Waals surface area contributed by atoms with E-state index < -0.39 is 0 Å². The van der Waals surface area contributed by atoms with Gasteiger partial charge in [0.15, 0.2) is 0 Å². The normalized spacial score (nSPS) is 11.2. The lowest BCUT2D eigenvalue weighted by atomic mass is 9.93. The van der Waals surface area contributed by atoms with Crippen LogP contribution in [0.2, 0.25) is 0 Å². The monoisotopic (exact) mass is 678 g/mol. The molecule has 8 aromatic rings. The lowest BCUT2D eigenvalue weighted by molar-refractivity contribution is 0.484. The largest absolute Gasteiger partial charge is 0.455 e. The molecule has 0 aromatic heterocycles. The van der Waals surface area contributed by atoms with Crippen molar-refractivity contribution in [1.82, 2.24) is 0 Å². The van der Waals surface area contributed by atoms with Crippen LogP contribution in [-0.2, 0) is 0 Å². The van der Waals surface area contributed by atoms with Crippen LogP contribution in [0.25, 0.3) is 68.8 Å². The molecule has 0 atom stereocenters. The Kier molecular flexibility index (Phi) is 9.98. The summed E-state index contributed by atoms with van der Waals surface area (Å²) < 4.78 is 7.47. The lowest BCUT2D eigenvalue weighted by Gasteiger charge is -2.21. The van der Waals surface area contributed by atoms with Crippen LogP contribution in [0.4, 0.5) is 0 Å². The molecule has 0 unspecified atom stereocenters. The molecule has 252 valence electrons. The van der Waals surface area contributed by atoms with Crippen molar-refractivity contribution < 1.29 is 4.74 Å². The number of ether oxygens (including phenoxy) is 1. The Bertz CT molecular complexity index is 2290. The summed E-state index contributed by atoms with van der Waals surface area (Å²) in [6.07, 6.45) is 8.70. The van der Waals surface area contributed by atoms with Crippen LogP contribution in [0.15, 0.2) is 206 Å². The molecular weight excluding hydrogens is 641 g/mol. The molecule has 1 heteroatoms. The Balaban J connectivity index is 1.40. The SMILES string of the molecule is C(=Cc1cc(-c2ccccc2)cc(-c2ccccc2)c1Oc1c(C=Cc2ccccc2)cc(-c2ccccc2)cc1-c1ccccc1)c1ccccc1. The Hall–Kier alpha value is -6.96. The van der Waals surface area contributed by atoms with Crippen LogP contribution < -0.4 is 4.74 Å². The van der Waals surface area contributed by atoms with Crippen molar-refractivity contribution in [3.8, 4) is 56.0 Å². The molecule has 8 aromatic carbocycles. The first-order chi connectivity index (χ1) is 26.3. The number of rotatable bonds is 10. The van der Waals surface area contributed by atoms with Gasteiger partial charge in [0.25, 0.3) is 0 Å². The van der Waals surface area contributed by atoms with Crippen LogP contribution in [0.1, 0.15) is 22.3 Å². The minimum Gasteiger partial charge on any atom is -0.455 e. The average Bonchev–Trinajstić information content (AvgIpc) is 3.24. The predicted octanol–water partition coefficient (Wildman–Crippen LogP) is 14.5. The molecule has 0 bridgehead atoms. The first-order valence-corrected chi connectivity index (χ1v) is 18.0. The molecule has 0 aliphatic carbocycles. The van der Waals surface area contributed by atoms with Gasteiger partial charge < -0.3 is 4.74 Å². The zero-order valence-corrected chi connectivity index (χ0v) is 29.3. The number of hydrogen-bond donors (Lipinski definition) is 0. The topological polar surface area (TPSA) is 9.23 Å². The third kappa shape index (κ3) is 7.86. The van der Waals surface area contributed by atoms with E-state index in [1.54, 1.807) is 0 Å². The summed E-state index contributed by atoms with van der Waals surface area (Å²) in [5.74, 6) is 1.59. The van der Waals surface area contributed by atoms with Gasteiger partial charge in [-0.3, -0.25) is 0 Å². The second-order valence-corrected chi connectivity index (χ2v) is 12.9. The van der Waals surface area contributed by atoms with E-state index in [2.05, 4.69) is 218 Å². The fourth-order valence-corrected chi connectivity index (χ4v) is 6.64. The standard InChI is InChI=1S/C52H38O/c1-7-19-39(20-8-1)31-33-45-35-47(41-23-11-3-12-24-41)37-49(43-27-15-5-16-28-43)51(45)53-52-46(34-32-40-21-9-2-10-22-40)36-48(42-25-13-4-14-26-42)38-50(52)44-29-17-6-18-30-44/h1-38H. The fourth-order valence-electron chi connectivity index (χ4n) is 6.64. The maximum Gasteiger partial charge on any atom is 0.142 e. The smallest absolute Gasteiger partial charge is 0.142 e. The number of hydrogen-bond acceptors (Lipinski definition) is 1. The van der Waals surface area contributed by atoms with Gasteiger partial charge in [0, 0.05) is 22.3 Å². The maximum absolute atomic E-state index is 7.47. The van der Waals surface area contributed by atoms with Crippen LogP contribution in [0.5, 0.6) is 11.5 Å². The summed E-state index contributed by atoms with van der Waals surface area (Å²) in [6.45, 7) is 0. The molecule has 0 radical (unpaired) electrons. The summed E-state index contributed by atoms with van der Waals surface area (Å²) in [5, 5.41) is 0. The maximum atomic E-state index is 7.47. The Morgan fingerprint density at radius 2 is 0.566 bits per heavy atom.